The van der Waals surface area contributed by atoms with Gasteiger partial charge in [0.25, 0.3) is 0 Å². The number of pyridine rings is 1. The van der Waals surface area contributed by atoms with Crippen LogP contribution < -0.4 is 0 Å². The summed E-state index contributed by atoms with van der Waals surface area (Å²) in [7, 11) is 0. The lowest BCUT2D eigenvalue weighted by atomic mass is 10.2. The molecule has 0 aliphatic rings. The van der Waals surface area contributed by atoms with Crippen LogP contribution in [0.5, 0.6) is 0 Å². The molecule has 0 aliphatic carbocycles. The SMILES string of the molecule is N#Cc1ccn2nc(-c3cccc(Br)c3)nc2c1. The van der Waals surface area contributed by atoms with Crippen molar-refractivity contribution in [1.82, 2.24) is 14.6 Å². The molecule has 2 aromatic heterocycles. The lowest BCUT2D eigenvalue weighted by Gasteiger charge is -1.94. The standard InChI is InChI=1S/C13H7BrN4/c14-11-3-1-2-10(7-11)13-16-12-6-9(8-15)4-5-18(12)17-13/h1-7H. The van der Waals surface area contributed by atoms with Crippen LogP contribution in [0.2, 0.25) is 0 Å². The van der Waals surface area contributed by atoms with Crippen molar-refractivity contribution >= 4 is 21.6 Å². The Balaban J connectivity index is 2.17. The Hall–Kier alpha value is -2.19. The molecule has 0 unspecified atom stereocenters. The van der Waals surface area contributed by atoms with Crippen LogP contribution in [0.1, 0.15) is 5.56 Å². The summed E-state index contributed by atoms with van der Waals surface area (Å²) in [4.78, 5) is 4.41. The molecule has 3 aromatic rings. The Morgan fingerprint density at radius 2 is 2.11 bits per heavy atom. The van der Waals surface area contributed by atoms with E-state index >= 15 is 0 Å². The number of hydrogen-bond acceptors (Lipinski definition) is 3. The van der Waals surface area contributed by atoms with Gasteiger partial charge in [0.2, 0.25) is 0 Å². The van der Waals surface area contributed by atoms with Crippen molar-refractivity contribution < 1.29 is 0 Å². The van der Waals surface area contributed by atoms with Gasteiger partial charge in [-0.25, -0.2) is 9.50 Å². The second-order valence-electron chi connectivity index (χ2n) is 3.78. The molecule has 0 saturated carbocycles. The number of fused-ring (bicyclic) bond motifs is 1. The Kier molecular flexibility index (Phi) is 2.58. The average Bonchev–Trinajstić information content (AvgIpc) is 2.81. The Morgan fingerprint density at radius 1 is 1.22 bits per heavy atom. The van der Waals surface area contributed by atoms with Crippen LogP contribution in [-0.4, -0.2) is 14.6 Å². The Morgan fingerprint density at radius 3 is 2.89 bits per heavy atom. The topological polar surface area (TPSA) is 54.0 Å². The number of benzene rings is 1. The fourth-order valence-electron chi connectivity index (χ4n) is 1.70. The molecule has 0 bridgehead atoms. The first-order chi connectivity index (χ1) is 8.76. The highest BCUT2D eigenvalue weighted by Crippen LogP contribution is 2.20. The van der Waals surface area contributed by atoms with Gasteiger partial charge in [0, 0.05) is 22.3 Å². The lowest BCUT2D eigenvalue weighted by molar-refractivity contribution is 0.964. The third-order valence-electron chi connectivity index (χ3n) is 2.55. The zero-order valence-electron chi connectivity index (χ0n) is 9.21. The van der Waals surface area contributed by atoms with E-state index in [4.69, 9.17) is 5.26 Å². The summed E-state index contributed by atoms with van der Waals surface area (Å²) in [6.45, 7) is 0. The van der Waals surface area contributed by atoms with E-state index in [9.17, 15) is 0 Å². The third kappa shape index (κ3) is 1.87. The highest BCUT2D eigenvalue weighted by molar-refractivity contribution is 9.10. The summed E-state index contributed by atoms with van der Waals surface area (Å²) in [5.74, 6) is 0.645. The van der Waals surface area contributed by atoms with E-state index in [-0.39, 0.29) is 0 Å². The van der Waals surface area contributed by atoms with E-state index in [0.717, 1.165) is 10.0 Å². The molecule has 0 atom stereocenters. The number of halogens is 1. The maximum atomic E-state index is 8.84. The van der Waals surface area contributed by atoms with Crippen LogP contribution in [0.25, 0.3) is 17.0 Å². The third-order valence-corrected chi connectivity index (χ3v) is 3.04. The van der Waals surface area contributed by atoms with Gasteiger partial charge in [0.05, 0.1) is 11.6 Å². The number of nitrogens with zero attached hydrogens (tertiary/aromatic N) is 4. The first-order valence-corrected chi connectivity index (χ1v) is 6.08. The summed E-state index contributed by atoms with van der Waals surface area (Å²) in [5, 5.41) is 13.2. The molecular formula is C13H7BrN4. The van der Waals surface area contributed by atoms with Gasteiger partial charge in [0.1, 0.15) is 0 Å². The number of nitriles is 1. The van der Waals surface area contributed by atoms with E-state index in [1.807, 2.05) is 24.3 Å². The Bertz CT molecular complexity index is 770. The minimum atomic E-state index is 0.579. The summed E-state index contributed by atoms with van der Waals surface area (Å²) < 4.78 is 2.65. The maximum Gasteiger partial charge on any atom is 0.182 e. The molecule has 86 valence electrons. The zero-order chi connectivity index (χ0) is 12.5. The van der Waals surface area contributed by atoms with Crippen molar-refractivity contribution in [3.05, 3.63) is 52.6 Å². The quantitative estimate of drug-likeness (QED) is 0.694. The molecule has 0 fully saturated rings. The van der Waals surface area contributed by atoms with Crippen molar-refractivity contribution in [3.8, 4) is 17.5 Å². The highest BCUT2D eigenvalue weighted by atomic mass is 79.9. The van der Waals surface area contributed by atoms with Crippen molar-refractivity contribution in [2.45, 2.75) is 0 Å². The van der Waals surface area contributed by atoms with Crippen molar-refractivity contribution in [2.75, 3.05) is 0 Å². The molecule has 5 heteroatoms. The molecule has 0 amide bonds. The second-order valence-corrected chi connectivity index (χ2v) is 4.69. The molecule has 18 heavy (non-hydrogen) atoms. The number of hydrogen-bond donors (Lipinski definition) is 0. The van der Waals surface area contributed by atoms with Crippen LogP contribution >= 0.6 is 15.9 Å². The molecule has 3 rings (SSSR count). The van der Waals surface area contributed by atoms with E-state index < -0.39 is 0 Å². The second kappa shape index (κ2) is 4.24. The monoisotopic (exact) mass is 298 g/mol. The van der Waals surface area contributed by atoms with E-state index in [0.29, 0.717) is 17.0 Å². The minimum Gasteiger partial charge on any atom is -0.220 e. The molecular weight excluding hydrogens is 292 g/mol. The van der Waals surface area contributed by atoms with Crippen molar-refractivity contribution in [2.24, 2.45) is 0 Å². The predicted octanol–water partition coefficient (Wildman–Crippen LogP) is 3.03. The molecule has 4 nitrogen and oxygen atoms in total. The summed E-state index contributed by atoms with van der Waals surface area (Å²) in [5.41, 5.74) is 2.19. The zero-order valence-corrected chi connectivity index (χ0v) is 10.8. The van der Waals surface area contributed by atoms with Gasteiger partial charge in [0.15, 0.2) is 11.5 Å². The number of rotatable bonds is 1. The van der Waals surface area contributed by atoms with Crippen LogP contribution in [0.3, 0.4) is 0 Å². The molecule has 0 N–H and O–H groups in total. The first-order valence-electron chi connectivity index (χ1n) is 5.29. The molecule has 0 radical (unpaired) electrons. The van der Waals surface area contributed by atoms with Gasteiger partial charge < -0.3 is 0 Å². The lowest BCUT2D eigenvalue weighted by Crippen LogP contribution is -1.87. The highest BCUT2D eigenvalue weighted by Gasteiger charge is 2.06. The molecule has 2 heterocycles. The van der Waals surface area contributed by atoms with E-state index in [2.05, 4.69) is 32.1 Å². The van der Waals surface area contributed by atoms with Gasteiger partial charge >= 0.3 is 0 Å². The normalized spacial score (nSPS) is 10.4. The van der Waals surface area contributed by atoms with E-state index in [1.54, 1.807) is 22.8 Å². The molecule has 1 aromatic carbocycles. The van der Waals surface area contributed by atoms with Crippen LogP contribution in [-0.2, 0) is 0 Å². The maximum absolute atomic E-state index is 8.84. The van der Waals surface area contributed by atoms with Gasteiger partial charge in [-0.2, -0.15) is 5.26 Å². The van der Waals surface area contributed by atoms with Crippen LogP contribution in [0, 0.1) is 11.3 Å². The molecule has 0 saturated heterocycles. The van der Waals surface area contributed by atoms with Crippen molar-refractivity contribution in [1.29, 1.82) is 5.26 Å². The van der Waals surface area contributed by atoms with Gasteiger partial charge in [-0.3, -0.25) is 0 Å². The summed E-state index contributed by atoms with van der Waals surface area (Å²) in [6, 6.07) is 13.3. The van der Waals surface area contributed by atoms with E-state index in [1.165, 1.54) is 0 Å². The molecule has 0 aliphatic heterocycles. The summed E-state index contributed by atoms with van der Waals surface area (Å²) in [6.07, 6.45) is 1.74. The predicted molar refractivity (Wildman–Crippen MR) is 70.8 cm³/mol. The van der Waals surface area contributed by atoms with Gasteiger partial charge in [-0.15, -0.1) is 5.10 Å². The minimum absolute atomic E-state index is 0.579. The van der Waals surface area contributed by atoms with Crippen LogP contribution in [0.15, 0.2) is 47.1 Å². The fraction of sp³-hybridized carbons (Fsp3) is 0. The Labute approximate surface area is 112 Å². The average molecular weight is 299 g/mol. The first kappa shape index (κ1) is 10.9. The molecule has 0 spiro atoms. The van der Waals surface area contributed by atoms with Crippen molar-refractivity contribution in [3.63, 3.8) is 0 Å². The largest absolute Gasteiger partial charge is 0.220 e. The van der Waals surface area contributed by atoms with Gasteiger partial charge in [-0.05, 0) is 18.2 Å². The number of aromatic nitrogens is 3. The smallest absolute Gasteiger partial charge is 0.182 e. The van der Waals surface area contributed by atoms with Crippen LogP contribution in [0.4, 0.5) is 0 Å². The van der Waals surface area contributed by atoms with Gasteiger partial charge in [-0.1, -0.05) is 28.1 Å². The fourth-order valence-corrected chi connectivity index (χ4v) is 2.10. The summed E-state index contributed by atoms with van der Waals surface area (Å²) >= 11 is 3.42.